The van der Waals surface area contributed by atoms with Gasteiger partial charge in [0.25, 0.3) is 0 Å². The molecule has 1 atom stereocenters. The molecule has 0 aliphatic carbocycles. The summed E-state index contributed by atoms with van der Waals surface area (Å²) in [5, 5.41) is 0. The maximum absolute atomic E-state index is 12.9. The Morgan fingerprint density at radius 1 is 0.273 bits per heavy atom. The van der Waals surface area contributed by atoms with Crippen molar-refractivity contribution in [1.29, 1.82) is 0 Å². The molecule has 0 rings (SSSR count). The third-order valence-corrected chi connectivity index (χ3v) is 14.7. The number of hydrogen-bond acceptors (Lipinski definition) is 6. The molecule has 6 heteroatoms. The zero-order valence-electron chi connectivity index (χ0n) is 51.2. The summed E-state index contributed by atoms with van der Waals surface area (Å²) in [6, 6.07) is 0. The Morgan fingerprint density at radius 3 is 0.792 bits per heavy atom. The van der Waals surface area contributed by atoms with Gasteiger partial charge in [0.05, 0.1) is 0 Å². The molecule has 0 saturated carbocycles. The second-order valence-electron chi connectivity index (χ2n) is 22.4. The molecule has 0 saturated heterocycles. The number of unbranched alkanes of at least 4 members (excludes halogenated alkanes) is 38. The predicted octanol–water partition coefficient (Wildman–Crippen LogP) is 22.9. The van der Waals surface area contributed by atoms with Crippen LogP contribution in [0.15, 0.2) is 72.9 Å². The van der Waals surface area contributed by atoms with E-state index in [1.165, 1.54) is 205 Å². The molecular weight excluding hydrogens is 949 g/mol. The molecule has 0 heterocycles. The van der Waals surface area contributed by atoms with Crippen LogP contribution < -0.4 is 0 Å². The summed E-state index contributed by atoms with van der Waals surface area (Å²) in [5.74, 6) is -0.858. The second kappa shape index (κ2) is 65.4. The van der Waals surface area contributed by atoms with Gasteiger partial charge < -0.3 is 14.2 Å². The van der Waals surface area contributed by atoms with Crippen molar-refractivity contribution >= 4 is 17.9 Å². The zero-order valence-corrected chi connectivity index (χ0v) is 51.2. The van der Waals surface area contributed by atoms with E-state index in [4.69, 9.17) is 14.2 Å². The van der Waals surface area contributed by atoms with Crippen LogP contribution in [0.25, 0.3) is 0 Å². The SMILES string of the molecule is CC/C=C\C/C=C\C/C=C\C/C=C\C/C=C\C/C=C\CCCCCCCCCCCCC(=O)OCC(COC(=O)CCCCCCCCCCCC)OC(=O)CCCCCCCCCCCCCCCCCCCCCC. The summed E-state index contributed by atoms with van der Waals surface area (Å²) in [7, 11) is 0. The van der Waals surface area contributed by atoms with Gasteiger partial charge in [0.1, 0.15) is 13.2 Å². The Labute approximate surface area is 478 Å². The number of carbonyl (C=O) groups is 3. The van der Waals surface area contributed by atoms with Crippen LogP contribution >= 0.6 is 0 Å². The molecule has 0 amide bonds. The first-order valence-corrected chi connectivity index (χ1v) is 33.4. The van der Waals surface area contributed by atoms with Gasteiger partial charge in [-0.1, -0.05) is 325 Å². The largest absolute Gasteiger partial charge is 0.462 e. The molecule has 1 unspecified atom stereocenters. The van der Waals surface area contributed by atoms with Gasteiger partial charge in [-0.3, -0.25) is 14.4 Å². The minimum Gasteiger partial charge on any atom is -0.462 e. The Bertz CT molecular complexity index is 1420. The molecule has 0 radical (unpaired) electrons. The molecule has 0 aromatic carbocycles. The lowest BCUT2D eigenvalue weighted by atomic mass is 10.0. The molecule has 0 bridgehead atoms. The van der Waals surface area contributed by atoms with E-state index in [-0.39, 0.29) is 31.1 Å². The number of carbonyl (C=O) groups excluding carboxylic acids is 3. The number of hydrogen-bond donors (Lipinski definition) is 0. The zero-order chi connectivity index (χ0) is 55.7. The van der Waals surface area contributed by atoms with E-state index in [1.54, 1.807) is 0 Å². The number of allylic oxidation sites excluding steroid dienone is 12. The van der Waals surface area contributed by atoms with Crippen molar-refractivity contribution in [1.82, 2.24) is 0 Å². The summed E-state index contributed by atoms with van der Waals surface area (Å²) in [5.41, 5.74) is 0. The van der Waals surface area contributed by atoms with Crippen LogP contribution in [0.2, 0.25) is 0 Å². The van der Waals surface area contributed by atoms with E-state index in [0.717, 1.165) is 96.3 Å². The van der Waals surface area contributed by atoms with E-state index < -0.39 is 6.10 Å². The van der Waals surface area contributed by atoms with Crippen molar-refractivity contribution < 1.29 is 28.6 Å². The average Bonchev–Trinajstić information content (AvgIpc) is 3.43. The molecule has 446 valence electrons. The van der Waals surface area contributed by atoms with Gasteiger partial charge in [-0.25, -0.2) is 0 Å². The second-order valence-corrected chi connectivity index (χ2v) is 22.4. The summed E-state index contributed by atoms with van der Waals surface area (Å²) in [6.07, 6.45) is 84.9. The van der Waals surface area contributed by atoms with Crippen molar-refractivity contribution in [2.24, 2.45) is 0 Å². The van der Waals surface area contributed by atoms with Crippen molar-refractivity contribution in [2.45, 2.75) is 348 Å². The fraction of sp³-hybridized carbons (Fsp3) is 0.789. The van der Waals surface area contributed by atoms with Crippen molar-refractivity contribution in [3.63, 3.8) is 0 Å². The lowest BCUT2D eigenvalue weighted by Crippen LogP contribution is -2.30. The van der Waals surface area contributed by atoms with Gasteiger partial charge in [0.15, 0.2) is 6.10 Å². The van der Waals surface area contributed by atoms with Crippen molar-refractivity contribution in [3.8, 4) is 0 Å². The first-order chi connectivity index (χ1) is 38.0. The maximum atomic E-state index is 12.9. The summed E-state index contributed by atoms with van der Waals surface area (Å²) in [6.45, 7) is 6.56. The number of rotatable bonds is 61. The normalized spacial score (nSPS) is 12.5. The third kappa shape index (κ3) is 63.6. The van der Waals surface area contributed by atoms with E-state index in [1.807, 2.05) is 0 Å². The first kappa shape index (κ1) is 73.8. The Hall–Kier alpha value is -3.15. The van der Waals surface area contributed by atoms with E-state index in [2.05, 4.69) is 93.7 Å². The topological polar surface area (TPSA) is 78.9 Å². The quantitative estimate of drug-likeness (QED) is 0.0261. The maximum Gasteiger partial charge on any atom is 0.306 e. The third-order valence-electron chi connectivity index (χ3n) is 14.7. The molecule has 77 heavy (non-hydrogen) atoms. The highest BCUT2D eigenvalue weighted by molar-refractivity contribution is 5.71. The number of esters is 3. The van der Waals surface area contributed by atoms with Gasteiger partial charge in [0.2, 0.25) is 0 Å². The van der Waals surface area contributed by atoms with Gasteiger partial charge >= 0.3 is 17.9 Å². The monoisotopic (exact) mass is 1070 g/mol. The highest BCUT2D eigenvalue weighted by Gasteiger charge is 2.19. The van der Waals surface area contributed by atoms with Crippen LogP contribution in [0, 0.1) is 0 Å². The average molecular weight is 1080 g/mol. The molecule has 0 aliphatic heterocycles. The molecule has 0 N–H and O–H groups in total. The van der Waals surface area contributed by atoms with Crippen LogP contribution in [0.5, 0.6) is 0 Å². The molecule has 0 fully saturated rings. The van der Waals surface area contributed by atoms with E-state index in [0.29, 0.717) is 19.3 Å². The van der Waals surface area contributed by atoms with Crippen LogP contribution in [0.4, 0.5) is 0 Å². The fourth-order valence-electron chi connectivity index (χ4n) is 9.74. The lowest BCUT2D eigenvalue weighted by Gasteiger charge is -2.18. The van der Waals surface area contributed by atoms with Crippen molar-refractivity contribution in [3.05, 3.63) is 72.9 Å². The van der Waals surface area contributed by atoms with E-state index >= 15 is 0 Å². The highest BCUT2D eigenvalue weighted by atomic mass is 16.6. The molecule has 0 aromatic heterocycles. The summed E-state index contributed by atoms with van der Waals surface area (Å²) < 4.78 is 16.9. The molecule has 0 aromatic rings. The van der Waals surface area contributed by atoms with Gasteiger partial charge in [-0.2, -0.15) is 0 Å². The summed E-state index contributed by atoms with van der Waals surface area (Å²) >= 11 is 0. The van der Waals surface area contributed by atoms with Crippen LogP contribution in [0.1, 0.15) is 342 Å². The highest BCUT2D eigenvalue weighted by Crippen LogP contribution is 2.18. The molecule has 0 spiro atoms. The number of ether oxygens (including phenoxy) is 3. The summed E-state index contributed by atoms with van der Waals surface area (Å²) in [4.78, 5) is 38.3. The molecule has 0 aliphatic rings. The van der Waals surface area contributed by atoms with Crippen LogP contribution in [-0.4, -0.2) is 37.2 Å². The smallest absolute Gasteiger partial charge is 0.306 e. The Morgan fingerprint density at radius 2 is 0.506 bits per heavy atom. The minimum atomic E-state index is -0.773. The minimum absolute atomic E-state index is 0.0711. The van der Waals surface area contributed by atoms with Gasteiger partial charge in [0, 0.05) is 19.3 Å². The van der Waals surface area contributed by atoms with Gasteiger partial charge in [-0.05, 0) is 70.6 Å². The molecule has 6 nitrogen and oxygen atoms in total. The lowest BCUT2D eigenvalue weighted by molar-refractivity contribution is -0.167. The van der Waals surface area contributed by atoms with Crippen LogP contribution in [0.3, 0.4) is 0 Å². The predicted molar refractivity (Wildman–Crippen MR) is 335 cm³/mol. The van der Waals surface area contributed by atoms with Crippen LogP contribution in [-0.2, 0) is 28.6 Å². The van der Waals surface area contributed by atoms with Gasteiger partial charge in [-0.15, -0.1) is 0 Å². The fourth-order valence-corrected chi connectivity index (χ4v) is 9.74. The molecular formula is C71H126O6. The van der Waals surface area contributed by atoms with Crippen molar-refractivity contribution in [2.75, 3.05) is 13.2 Å². The van der Waals surface area contributed by atoms with E-state index in [9.17, 15) is 14.4 Å². The standard InChI is InChI=1S/C71H126O6/c1-4-7-10-13-16-19-22-24-26-28-30-32-33-34-35-36-37-38-39-40-42-43-45-47-49-52-55-58-61-64-70(73)76-67-68(66-75-69(72)63-60-57-54-51-21-18-15-12-9-6-3)77-71(74)65-62-59-56-53-50-48-46-44-41-31-29-27-25-23-20-17-14-11-8-5-2/h7,10,16,19,24,26,30,32,34-35,37-38,68H,4-6,8-9,11-15,17-18,20-23,25,27-29,31,33,36,39-67H2,1-3H3/b10-7-,19-16-,26-24-,32-30-,35-34-,38-37-. The Kier molecular flexibility index (Phi) is 62.7. The Balaban J connectivity index is 4.20. The first-order valence-electron chi connectivity index (χ1n) is 33.4.